The second-order valence-electron chi connectivity index (χ2n) is 20.4. The van der Waals surface area contributed by atoms with Crippen molar-refractivity contribution < 1.29 is 0 Å². The first kappa shape index (κ1) is 44.3. The predicted octanol–water partition coefficient (Wildman–Crippen LogP) is 18.3. The molecule has 0 N–H and O–H groups in total. The quantitative estimate of drug-likeness (QED) is 0.137. The maximum absolute atomic E-state index is 5.22. The van der Waals surface area contributed by atoms with Gasteiger partial charge in [-0.25, -0.2) is 9.97 Å². The fourth-order valence-corrected chi connectivity index (χ4v) is 11.7. The molecule has 0 saturated carbocycles. The van der Waals surface area contributed by atoms with Crippen molar-refractivity contribution in [3.63, 3.8) is 0 Å². The Morgan fingerprint density at radius 2 is 1.07 bits per heavy atom. The number of hydrogen-bond donors (Lipinski definition) is 0. The van der Waals surface area contributed by atoms with Gasteiger partial charge in [-0.3, -0.25) is 0 Å². The fourth-order valence-electron chi connectivity index (χ4n) is 11.7. The van der Waals surface area contributed by atoms with Gasteiger partial charge in [0.25, 0.3) is 0 Å². The number of aromatic nitrogens is 3. The Morgan fingerprint density at radius 3 is 1.86 bits per heavy atom. The zero-order valence-electron chi connectivity index (χ0n) is 41.6. The molecule has 11 aromatic rings. The lowest BCUT2D eigenvalue weighted by Gasteiger charge is -2.22. The molecular formula is C70H55N3. The minimum atomic E-state index is -0.111. The van der Waals surface area contributed by atoms with E-state index in [4.69, 9.17) is 9.97 Å². The van der Waals surface area contributed by atoms with Crippen LogP contribution >= 0.6 is 0 Å². The van der Waals surface area contributed by atoms with Gasteiger partial charge < -0.3 is 4.57 Å². The molecule has 350 valence electrons. The Hall–Kier alpha value is -8.66. The minimum absolute atomic E-state index is 0.111. The Morgan fingerprint density at radius 1 is 0.452 bits per heavy atom. The summed E-state index contributed by atoms with van der Waals surface area (Å²) in [6, 6.07) is 79.8. The average Bonchev–Trinajstić information content (AvgIpc) is 3.90. The lowest BCUT2D eigenvalue weighted by atomic mass is 9.82. The lowest BCUT2D eigenvalue weighted by molar-refractivity contribution is 0.660. The van der Waals surface area contributed by atoms with Gasteiger partial charge in [0.15, 0.2) is 5.82 Å². The molecule has 0 amide bonds. The highest BCUT2D eigenvalue weighted by atomic mass is 15.0. The highest BCUT2D eigenvalue weighted by Gasteiger charge is 2.35. The maximum Gasteiger partial charge on any atom is 0.160 e. The molecule has 0 unspecified atom stereocenters. The van der Waals surface area contributed by atoms with Gasteiger partial charge in [-0.2, -0.15) is 0 Å². The zero-order chi connectivity index (χ0) is 49.0. The molecule has 0 radical (unpaired) electrons. The first-order chi connectivity index (χ1) is 35.8. The molecule has 73 heavy (non-hydrogen) atoms. The molecule has 13 rings (SSSR count). The van der Waals surface area contributed by atoms with Crippen LogP contribution in [0.3, 0.4) is 0 Å². The van der Waals surface area contributed by atoms with Crippen molar-refractivity contribution in [2.24, 2.45) is 0 Å². The molecule has 3 heteroatoms. The summed E-state index contributed by atoms with van der Waals surface area (Å²) in [5, 5.41) is 2.47. The molecule has 2 aliphatic carbocycles. The first-order valence-corrected chi connectivity index (χ1v) is 25.8. The zero-order valence-corrected chi connectivity index (χ0v) is 41.6. The van der Waals surface area contributed by atoms with Crippen LogP contribution in [0.25, 0.3) is 100 Å². The van der Waals surface area contributed by atoms with Crippen LogP contribution in [0.15, 0.2) is 236 Å². The van der Waals surface area contributed by atoms with Crippen LogP contribution in [0.4, 0.5) is 0 Å². The summed E-state index contributed by atoms with van der Waals surface area (Å²) in [4.78, 5) is 10.4. The summed E-state index contributed by atoms with van der Waals surface area (Å²) in [6.07, 6.45) is 9.11. The van der Waals surface area contributed by atoms with Gasteiger partial charge in [-0.1, -0.05) is 207 Å². The van der Waals surface area contributed by atoms with Crippen molar-refractivity contribution in [2.45, 2.75) is 51.9 Å². The van der Waals surface area contributed by atoms with Crippen LogP contribution in [0.1, 0.15) is 60.9 Å². The molecule has 3 nitrogen and oxygen atoms in total. The largest absolute Gasteiger partial charge is 0.309 e. The van der Waals surface area contributed by atoms with Crippen LogP contribution in [-0.2, 0) is 11.8 Å². The van der Waals surface area contributed by atoms with Gasteiger partial charge in [0, 0.05) is 38.6 Å². The number of hydrogen-bond acceptors (Lipinski definition) is 2. The van der Waals surface area contributed by atoms with Gasteiger partial charge in [-0.05, 0) is 142 Å². The summed E-state index contributed by atoms with van der Waals surface area (Å²) in [5.74, 6) is 0.713. The van der Waals surface area contributed by atoms with Crippen molar-refractivity contribution >= 4 is 27.4 Å². The Kier molecular flexibility index (Phi) is 11.0. The average molecular weight is 938 g/mol. The van der Waals surface area contributed by atoms with Crippen molar-refractivity contribution in [2.75, 3.05) is 0 Å². The van der Waals surface area contributed by atoms with E-state index in [1.807, 2.05) is 6.07 Å². The van der Waals surface area contributed by atoms with E-state index in [0.717, 1.165) is 59.4 Å². The summed E-state index contributed by atoms with van der Waals surface area (Å²) in [5.41, 5.74) is 25.4. The Bertz CT molecular complexity index is 3960. The minimum Gasteiger partial charge on any atom is -0.309 e. The van der Waals surface area contributed by atoms with Gasteiger partial charge in [0.05, 0.1) is 22.4 Å². The third-order valence-corrected chi connectivity index (χ3v) is 15.6. The van der Waals surface area contributed by atoms with Crippen LogP contribution < -0.4 is 0 Å². The molecule has 2 heterocycles. The van der Waals surface area contributed by atoms with Crippen molar-refractivity contribution in [1.29, 1.82) is 0 Å². The Balaban J connectivity index is 0.829. The third kappa shape index (κ3) is 8.02. The monoisotopic (exact) mass is 937 g/mol. The smallest absolute Gasteiger partial charge is 0.160 e. The van der Waals surface area contributed by atoms with Crippen LogP contribution in [0.2, 0.25) is 0 Å². The number of benzene rings is 9. The van der Waals surface area contributed by atoms with Crippen molar-refractivity contribution in [3.8, 4) is 73.0 Å². The number of nitrogens with zero attached hydrogens (tertiary/aromatic N) is 3. The SMILES string of the molecule is Cc1ccc(-c2ccc(-c3ccc4c5ccccc5n(-c5ccc(-c6cc(-c7ccc8c(c7)C(C)(C)c7ccccc7-8)nc(-c7ccccc7)n6)cc5)c4c3)cc2)cc1C1=C(CCc2ccccc2)CCC=C1. The number of para-hydroxylation sites is 1. The molecule has 9 aromatic carbocycles. The van der Waals surface area contributed by atoms with Crippen molar-refractivity contribution in [3.05, 3.63) is 264 Å². The highest BCUT2D eigenvalue weighted by Crippen LogP contribution is 2.50. The van der Waals surface area contributed by atoms with E-state index in [1.54, 1.807) is 5.57 Å². The molecule has 0 bridgehead atoms. The number of aryl methyl sites for hydroxylation is 2. The third-order valence-electron chi connectivity index (χ3n) is 15.6. The molecule has 0 aliphatic heterocycles. The lowest BCUT2D eigenvalue weighted by Crippen LogP contribution is -2.14. The molecule has 2 aliphatic rings. The number of fused-ring (bicyclic) bond motifs is 6. The van der Waals surface area contributed by atoms with Crippen LogP contribution in [0, 0.1) is 6.92 Å². The molecule has 0 atom stereocenters. The summed E-state index contributed by atoms with van der Waals surface area (Å²) >= 11 is 0. The summed E-state index contributed by atoms with van der Waals surface area (Å²) in [6.45, 7) is 6.91. The molecule has 0 fully saturated rings. The first-order valence-electron chi connectivity index (χ1n) is 25.8. The standard InChI is InChI=1S/C70H55N3/c1-46-26-28-53(42-62(46)57-21-11-10-18-50(57)29-27-47-16-6-4-7-17-47)48-30-32-49(33-31-48)54-36-41-61-60-23-13-15-25-67(60)73(68(61)44-54)56-38-34-51(35-39-56)65-45-66(72-69(71-65)52-19-8-5-9-20-52)55-37-40-59-58-22-12-14-24-63(58)70(2,3)64(59)43-55/h4-9,11-17,19-26,28,30-45H,10,18,27,29H2,1-3H3. The maximum atomic E-state index is 5.22. The molecule has 0 saturated heterocycles. The normalized spacial score (nSPS) is 13.7. The van der Waals surface area contributed by atoms with E-state index in [1.165, 1.54) is 88.6 Å². The van der Waals surface area contributed by atoms with Gasteiger partial charge in [0.2, 0.25) is 0 Å². The Labute approximate surface area is 428 Å². The van der Waals surface area contributed by atoms with Gasteiger partial charge in [0.1, 0.15) is 0 Å². The molecular weight excluding hydrogens is 883 g/mol. The van der Waals surface area contributed by atoms with Gasteiger partial charge in [-0.15, -0.1) is 0 Å². The second kappa shape index (κ2) is 18.2. The van der Waals surface area contributed by atoms with E-state index in [-0.39, 0.29) is 5.41 Å². The van der Waals surface area contributed by atoms with E-state index in [0.29, 0.717) is 5.82 Å². The molecule has 2 aromatic heterocycles. The second-order valence-corrected chi connectivity index (χ2v) is 20.4. The topological polar surface area (TPSA) is 30.7 Å². The number of rotatable bonds is 10. The van der Waals surface area contributed by atoms with E-state index in [9.17, 15) is 0 Å². The van der Waals surface area contributed by atoms with Gasteiger partial charge >= 0.3 is 0 Å². The predicted molar refractivity (Wildman–Crippen MR) is 306 cm³/mol. The van der Waals surface area contributed by atoms with Crippen LogP contribution in [-0.4, -0.2) is 14.5 Å². The van der Waals surface area contributed by atoms with E-state index in [2.05, 4.69) is 250 Å². The number of allylic oxidation sites excluding steroid dienone is 4. The fraction of sp³-hybridized carbons (Fsp3) is 0.114. The van der Waals surface area contributed by atoms with E-state index < -0.39 is 0 Å². The van der Waals surface area contributed by atoms with Crippen molar-refractivity contribution in [1.82, 2.24) is 14.5 Å². The van der Waals surface area contributed by atoms with Crippen LogP contribution in [0.5, 0.6) is 0 Å². The molecule has 0 spiro atoms. The summed E-state index contributed by atoms with van der Waals surface area (Å²) in [7, 11) is 0. The highest BCUT2D eigenvalue weighted by molar-refractivity contribution is 6.10. The summed E-state index contributed by atoms with van der Waals surface area (Å²) < 4.78 is 2.41. The van der Waals surface area contributed by atoms with E-state index >= 15 is 0 Å².